The van der Waals surface area contributed by atoms with Crippen molar-refractivity contribution in [1.29, 1.82) is 0 Å². The van der Waals surface area contributed by atoms with Gasteiger partial charge in [-0.05, 0) is 96.4 Å². The van der Waals surface area contributed by atoms with E-state index in [1.807, 2.05) is 135 Å². The van der Waals surface area contributed by atoms with Crippen molar-refractivity contribution >= 4 is 23.3 Å². The first-order valence-corrected chi connectivity index (χ1v) is 22.2. The summed E-state index contributed by atoms with van der Waals surface area (Å²) in [6, 6.07) is 48.2. The molecule has 2 aliphatic rings. The highest BCUT2D eigenvalue weighted by Gasteiger charge is 2.40. The highest BCUT2D eigenvalue weighted by atomic mass is 16.6. The van der Waals surface area contributed by atoms with Crippen LogP contribution >= 0.6 is 0 Å². The van der Waals surface area contributed by atoms with Gasteiger partial charge in [0.05, 0.1) is 11.4 Å². The van der Waals surface area contributed by atoms with E-state index in [4.69, 9.17) is 18.9 Å². The fraction of sp³-hybridized carbons (Fsp3) is 0.296. The number of nitrogens with one attached hydrogen (secondary N) is 2. The SMILES string of the molecule is CNC1CCc2c(ccc(OCc3ccccc3)c2N(C)Cc2ccccc2)C1OC(=O)C(=O)OC1c2ccc(OCc3ccccc3)c(N(C)Cc3ccccc3)c2CCC1NC. The lowest BCUT2D eigenvalue weighted by Gasteiger charge is -2.37. The van der Waals surface area contributed by atoms with Crippen molar-refractivity contribution < 1.29 is 28.5 Å². The monoisotopic (exact) mass is 858 g/mol. The third-order valence-corrected chi connectivity index (χ3v) is 12.5. The molecule has 0 spiro atoms. The van der Waals surface area contributed by atoms with E-state index >= 15 is 0 Å². The van der Waals surface area contributed by atoms with Crippen molar-refractivity contribution in [3.63, 3.8) is 0 Å². The van der Waals surface area contributed by atoms with E-state index in [0.29, 0.717) is 39.1 Å². The smallest absolute Gasteiger partial charge is 0.418 e. The molecule has 0 heterocycles. The molecule has 0 amide bonds. The van der Waals surface area contributed by atoms with Crippen LogP contribution in [-0.4, -0.2) is 52.2 Å². The summed E-state index contributed by atoms with van der Waals surface area (Å²) >= 11 is 0. The number of likely N-dealkylation sites (N-methyl/N-ethyl adjacent to an activating group) is 2. The summed E-state index contributed by atoms with van der Waals surface area (Å²) in [4.78, 5) is 32.6. The van der Waals surface area contributed by atoms with Crippen LogP contribution in [0, 0.1) is 0 Å². The molecular formula is C54H58N4O6. The number of anilines is 2. The van der Waals surface area contributed by atoms with Crippen LogP contribution in [0.3, 0.4) is 0 Å². The molecule has 0 aromatic heterocycles. The van der Waals surface area contributed by atoms with Gasteiger partial charge in [0.2, 0.25) is 0 Å². The van der Waals surface area contributed by atoms with Gasteiger partial charge >= 0.3 is 11.9 Å². The number of rotatable bonds is 16. The van der Waals surface area contributed by atoms with Crippen molar-refractivity contribution in [3.8, 4) is 11.5 Å². The molecule has 10 nitrogen and oxygen atoms in total. The second-order valence-corrected chi connectivity index (χ2v) is 16.7. The third kappa shape index (κ3) is 10.1. The number of hydrogen-bond donors (Lipinski definition) is 2. The number of nitrogens with zero attached hydrogens (tertiary/aromatic N) is 2. The number of carbonyl (C=O) groups is 2. The van der Waals surface area contributed by atoms with E-state index < -0.39 is 24.1 Å². The molecule has 0 fully saturated rings. The predicted octanol–water partition coefficient (Wildman–Crippen LogP) is 9.05. The Morgan fingerprint density at radius 2 is 0.844 bits per heavy atom. The molecule has 6 aromatic carbocycles. The Hall–Kier alpha value is -6.62. The van der Waals surface area contributed by atoms with Crippen molar-refractivity contribution in [3.05, 3.63) is 190 Å². The molecule has 330 valence electrons. The molecule has 0 aliphatic heterocycles. The lowest BCUT2D eigenvalue weighted by atomic mass is 9.84. The summed E-state index contributed by atoms with van der Waals surface area (Å²) in [6.07, 6.45) is 1.30. The molecule has 0 saturated heterocycles. The molecule has 10 heteroatoms. The Morgan fingerprint density at radius 3 is 1.19 bits per heavy atom. The standard InChI is InChI=1S/C54H58N4O6/c1-55-45-29-25-41-43(27-31-47(61-35-39-21-13-7-14-22-39)49(41)57(3)33-37-17-9-5-10-18-37)51(45)63-53(59)54(60)64-52-44-28-32-48(62-36-40-23-15-8-16-24-40)50(42(44)26-30-46(52)56-2)58(4)34-38-19-11-6-12-20-38/h5-24,27-28,31-32,45-46,51-52,55-56H,25-26,29-30,33-36H2,1-4H3. The summed E-state index contributed by atoms with van der Waals surface area (Å²) in [5.41, 5.74) is 10.0. The average Bonchev–Trinajstić information content (AvgIpc) is 3.33. The number of ether oxygens (including phenoxy) is 4. The first-order chi connectivity index (χ1) is 31.3. The first-order valence-electron chi connectivity index (χ1n) is 22.2. The Morgan fingerprint density at radius 1 is 0.500 bits per heavy atom. The van der Waals surface area contributed by atoms with Crippen molar-refractivity contribution in [2.24, 2.45) is 0 Å². The maximum atomic E-state index is 14.1. The zero-order valence-electron chi connectivity index (χ0n) is 37.2. The van der Waals surface area contributed by atoms with Crippen molar-refractivity contribution in [2.75, 3.05) is 38.0 Å². The highest BCUT2D eigenvalue weighted by Crippen LogP contribution is 2.45. The molecule has 64 heavy (non-hydrogen) atoms. The van der Waals surface area contributed by atoms with Crippen molar-refractivity contribution in [2.45, 2.75) is 76.3 Å². The fourth-order valence-electron chi connectivity index (χ4n) is 9.28. The molecule has 2 N–H and O–H groups in total. The molecule has 6 aromatic rings. The largest absolute Gasteiger partial charge is 0.487 e. The van der Waals surface area contributed by atoms with Gasteiger partial charge in [-0.3, -0.25) is 0 Å². The number of hydrogen-bond acceptors (Lipinski definition) is 10. The second kappa shape index (κ2) is 20.7. The van der Waals surface area contributed by atoms with Gasteiger partial charge < -0.3 is 39.4 Å². The third-order valence-electron chi connectivity index (χ3n) is 12.5. The van der Waals surface area contributed by atoms with Crippen molar-refractivity contribution in [1.82, 2.24) is 10.6 Å². The average molecular weight is 859 g/mol. The minimum absolute atomic E-state index is 0.231. The molecule has 4 unspecified atom stereocenters. The lowest BCUT2D eigenvalue weighted by molar-refractivity contribution is -0.176. The zero-order chi connectivity index (χ0) is 44.4. The van der Waals surface area contributed by atoms with Gasteiger partial charge in [0.1, 0.15) is 36.9 Å². The lowest BCUT2D eigenvalue weighted by Crippen LogP contribution is -2.42. The Labute approximate surface area is 377 Å². The molecule has 2 aliphatic carbocycles. The Balaban J connectivity index is 1.07. The molecule has 0 bridgehead atoms. The maximum Gasteiger partial charge on any atom is 0.418 e. The summed E-state index contributed by atoms with van der Waals surface area (Å²) in [5, 5.41) is 6.72. The Kier molecular flexibility index (Phi) is 14.2. The second-order valence-electron chi connectivity index (χ2n) is 16.7. The normalized spacial score (nSPS) is 17.6. The quantitative estimate of drug-likeness (QED) is 0.0725. The van der Waals surface area contributed by atoms with E-state index in [-0.39, 0.29) is 12.1 Å². The van der Waals surface area contributed by atoms with E-state index in [1.165, 1.54) is 0 Å². The number of esters is 2. The van der Waals surface area contributed by atoms with Gasteiger partial charge in [0.15, 0.2) is 0 Å². The van der Waals surface area contributed by atoms with Gasteiger partial charge in [-0.1, -0.05) is 133 Å². The predicted molar refractivity (Wildman–Crippen MR) is 252 cm³/mol. The van der Waals surface area contributed by atoms with Crippen LogP contribution in [0.4, 0.5) is 11.4 Å². The van der Waals surface area contributed by atoms with Crippen LogP contribution in [0.15, 0.2) is 146 Å². The van der Waals surface area contributed by atoms with E-state index in [1.54, 1.807) is 0 Å². The van der Waals surface area contributed by atoms with Crippen LogP contribution < -0.4 is 29.9 Å². The molecule has 0 saturated carbocycles. The van der Waals surface area contributed by atoms with Crippen LogP contribution in [0.2, 0.25) is 0 Å². The van der Waals surface area contributed by atoms with E-state index in [0.717, 1.165) is 80.2 Å². The summed E-state index contributed by atoms with van der Waals surface area (Å²) < 4.78 is 25.5. The van der Waals surface area contributed by atoms with E-state index in [2.05, 4.69) is 58.8 Å². The number of fused-ring (bicyclic) bond motifs is 2. The summed E-state index contributed by atoms with van der Waals surface area (Å²) in [5.74, 6) is -0.587. The fourth-order valence-corrected chi connectivity index (χ4v) is 9.28. The van der Waals surface area contributed by atoms with Gasteiger partial charge in [0.25, 0.3) is 0 Å². The van der Waals surface area contributed by atoms with Crippen LogP contribution in [0.25, 0.3) is 0 Å². The highest BCUT2D eigenvalue weighted by molar-refractivity contribution is 6.29. The van der Waals surface area contributed by atoms with E-state index in [9.17, 15) is 9.59 Å². The van der Waals surface area contributed by atoms with Gasteiger partial charge in [-0.15, -0.1) is 0 Å². The molecule has 8 rings (SSSR count). The Bertz CT molecular complexity index is 2310. The minimum atomic E-state index is -1.03. The van der Waals surface area contributed by atoms with Gasteiger partial charge in [-0.2, -0.15) is 0 Å². The number of benzene rings is 6. The molecule has 4 atom stereocenters. The maximum absolute atomic E-state index is 14.1. The van der Waals surface area contributed by atoms with Crippen LogP contribution in [0.5, 0.6) is 11.5 Å². The topological polar surface area (TPSA) is 102 Å². The molecular weight excluding hydrogens is 801 g/mol. The first kappa shape index (κ1) is 44.0. The van der Waals surface area contributed by atoms with Crippen LogP contribution in [0.1, 0.15) is 69.6 Å². The minimum Gasteiger partial charge on any atom is -0.487 e. The summed E-state index contributed by atoms with van der Waals surface area (Å²) in [7, 11) is 7.83. The van der Waals surface area contributed by atoms with Gasteiger partial charge in [-0.25, -0.2) is 9.59 Å². The number of carbonyl (C=O) groups excluding carboxylic acids is 2. The molecule has 0 radical (unpaired) electrons. The summed E-state index contributed by atoms with van der Waals surface area (Å²) in [6.45, 7) is 2.09. The zero-order valence-corrected chi connectivity index (χ0v) is 37.2. The van der Waals surface area contributed by atoms with Gasteiger partial charge in [0, 0.05) is 39.3 Å². The van der Waals surface area contributed by atoms with Crippen LogP contribution in [-0.2, 0) is 58.2 Å².